The number of pyridine rings is 1. The third kappa shape index (κ3) is 4.57. The van der Waals surface area contributed by atoms with Crippen molar-refractivity contribution < 1.29 is 14.8 Å². The SMILES string of the molecule is CCc1cc(Cc2ccc(C(=O)N[C@@H]3CNC[C@@H]3C(=O)NO)cc2)c2ccccc2n1. The second kappa shape index (κ2) is 9.24. The van der Waals surface area contributed by atoms with Crippen LogP contribution in [0.3, 0.4) is 0 Å². The van der Waals surface area contributed by atoms with Crippen LogP contribution in [-0.2, 0) is 17.6 Å². The molecule has 4 rings (SSSR count). The fourth-order valence-electron chi connectivity index (χ4n) is 4.07. The van der Waals surface area contributed by atoms with Gasteiger partial charge in [0.15, 0.2) is 0 Å². The smallest absolute Gasteiger partial charge is 0.251 e. The first-order chi connectivity index (χ1) is 15.1. The molecule has 1 aliphatic rings. The molecule has 0 bridgehead atoms. The minimum atomic E-state index is -0.499. The van der Waals surface area contributed by atoms with Gasteiger partial charge in [-0.25, -0.2) is 5.48 Å². The molecule has 1 aliphatic heterocycles. The molecule has 1 saturated heterocycles. The topological polar surface area (TPSA) is 103 Å². The van der Waals surface area contributed by atoms with Crippen LogP contribution < -0.4 is 16.1 Å². The molecule has 0 unspecified atom stereocenters. The largest absolute Gasteiger partial charge is 0.347 e. The van der Waals surface area contributed by atoms with E-state index in [1.54, 1.807) is 17.6 Å². The highest BCUT2D eigenvalue weighted by molar-refractivity contribution is 5.95. The van der Waals surface area contributed by atoms with Crippen molar-refractivity contribution in [2.45, 2.75) is 25.8 Å². The summed E-state index contributed by atoms with van der Waals surface area (Å²) in [6.45, 7) is 3.00. The first-order valence-electron chi connectivity index (χ1n) is 10.5. The number of amides is 2. The molecular weight excluding hydrogens is 392 g/mol. The Morgan fingerprint density at radius 1 is 1.13 bits per heavy atom. The number of hydrogen-bond donors (Lipinski definition) is 4. The standard InChI is InChI=1S/C24H26N4O3/c1-2-18-12-17(19-5-3-4-6-21(19)26-18)11-15-7-9-16(10-8-15)23(29)27-22-14-25-13-20(22)24(30)28-31/h3-10,12,20,22,25,31H,2,11,13-14H2,1H3,(H,27,29)(H,28,30)/t20-,22+/m0/s1. The Labute approximate surface area is 180 Å². The maximum atomic E-state index is 12.6. The van der Waals surface area contributed by atoms with Crippen molar-refractivity contribution in [1.29, 1.82) is 0 Å². The summed E-state index contributed by atoms with van der Waals surface area (Å²) in [5.74, 6) is -1.23. The molecule has 31 heavy (non-hydrogen) atoms. The molecule has 4 N–H and O–H groups in total. The molecule has 2 aromatic carbocycles. The fourth-order valence-corrected chi connectivity index (χ4v) is 4.07. The molecule has 160 valence electrons. The number of nitrogens with zero attached hydrogens (tertiary/aromatic N) is 1. The van der Waals surface area contributed by atoms with Gasteiger partial charge in [-0.1, -0.05) is 37.3 Å². The predicted octanol–water partition coefficient (Wildman–Crippen LogP) is 2.21. The predicted molar refractivity (Wildman–Crippen MR) is 118 cm³/mol. The zero-order valence-corrected chi connectivity index (χ0v) is 17.4. The first kappa shape index (κ1) is 21.0. The number of carbonyl (C=O) groups excluding carboxylic acids is 2. The first-order valence-corrected chi connectivity index (χ1v) is 10.5. The monoisotopic (exact) mass is 418 g/mol. The molecule has 3 aromatic rings. The van der Waals surface area contributed by atoms with Crippen LogP contribution in [0.4, 0.5) is 0 Å². The van der Waals surface area contributed by atoms with Crippen molar-refractivity contribution in [3.8, 4) is 0 Å². The van der Waals surface area contributed by atoms with Crippen LogP contribution in [0.15, 0.2) is 54.6 Å². The second-order valence-electron chi connectivity index (χ2n) is 7.84. The van der Waals surface area contributed by atoms with E-state index in [-0.39, 0.29) is 11.9 Å². The lowest BCUT2D eigenvalue weighted by molar-refractivity contribution is -0.133. The van der Waals surface area contributed by atoms with E-state index in [4.69, 9.17) is 10.2 Å². The van der Waals surface area contributed by atoms with Gasteiger partial charge in [0.05, 0.1) is 17.5 Å². The van der Waals surface area contributed by atoms with Gasteiger partial charge in [0, 0.05) is 29.7 Å². The molecule has 1 fully saturated rings. The van der Waals surface area contributed by atoms with Gasteiger partial charge in [-0.05, 0) is 48.2 Å². The molecule has 2 amide bonds. The Balaban J connectivity index is 1.48. The van der Waals surface area contributed by atoms with Gasteiger partial charge in [0.25, 0.3) is 5.91 Å². The molecule has 7 nitrogen and oxygen atoms in total. The summed E-state index contributed by atoms with van der Waals surface area (Å²) in [7, 11) is 0. The summed E-state index contributed by atoms with van der Waals surface area (Å²) in [4.78, 5) is 29.1. The number of carbonyl (C=O) groups is 2. The van der Waals surface area contributed by atoms with E-state index in [0.717, 1.165) is 35.0 Å². The molecule has 0 radical (unpaired) electrons. The molecule has 0 saturated carbocycles. The van der Waals surface area contributed by atoms with Gasteiger partial charge in [-0.15, -0.1) is 0 Å². The zero-order chi connectivity index (χ0) is 21.8. The summed E-state index contributed by atoms with van der Waals surface area (Å²) >= 11 is 0. The van der Waals surface area contributed by atoms with Gasteiger partial charge >= 0.3 is 0 Å². The molecule has 2 atom stereocenters. The minimum absolute atomic E-state index is 0.237. The normalized spacial score (nSPS) is 18.1. The summed E-state index contributed by atoms with van der Waals surface area (Å²) in [5.41, 5.74) is 6.59. The second-order valence-corrected chi connectivity index (χ2v) is 7.84. The van der Waals surface area contributed by atoms with Crippen molar-refractivity contribution in [2.24, 2.45) is 5.92 Å². The van der Waals surface area contributed by atoms with E-state index >= 15 is 0 Å². The molecule has 7 heteroatoms. The third-order valence-corrected chi connectivity index (χ3v) is 5.81. The maximum absolute atomic E-state index is 12.6. The molecule has 1 aromatic heterocycles. The number of nitrogens with one attached hydrogen (secondary N) is 3. The van der Waals surface area contributed by atoms with Crippen molar-refractivity contribution in [2.75, 3.05) is 13.1 Å². The lowest BCUT2D eigenvalue weighted by Crippen LogP contribution is -2.45. The van der Waals surface area contributed by atoms with Gasteiger partial charge < -0.3 is 10.6 Å². The van der Waals surface area contributed by atoms with Crippen LogP contribution in [0.1, 0.15) is 34.1 Å². The van der Waals surface area contributed by atoms with Crippen LogP contribution in [-0.4, -0.2) is 41.1 Å². The number of para-hydroxylation sites is 1. The highest BCUT2D eigenvalue weighted by Crippen LogP contribution is 2.22. The Hall–Kier alpha value is -3.29. The number of aromatic nitrogens is 1. The Bertz CT molecular complexity index is 1100. The van der Waals surface area contributed by atoms with E-state index in [2.05, 4.69) is 29.7 Å². The molecule has 0 aliphatic carbocycles. The number of benzene rings is 2. The highest BCUT2D eigenvalue weighted by atomic mass is 16.5. The Kier molecular flexibility index (Phi) is 6.25. The number of fused-ring (bicyclic) bond motifs is 1. The lowest BCUT2D eigenvalue weighted by Gasteiger charge is -2.18. The van der Waals surface area contributed by atoms with Gasteiger partial charge in [0.2, 0.25) is 5.91 Å². The van der Waals surface area contributed by atoms with Gasteiger partial charge in [0.1, 0.15) is 0 Å². The van der Waals surface area contributed by atoms with Crippen molar-refractivity contribution in [3.05, 3.63) is 77.0 Å². The van der Waals surface area contributed by atoms with E-state index < -0.39 is 11.8 Å². The average molecular weight is 418 g/mol. The van der Waals surface area contributed by atoms with Gasteiger partial charge in [-0.2, -0.15) is 0 Å². The van der Waals surface area contributed by atoms with E-state index in [9.17, 15) is 9.59 Å². The fraction of sp³-hybridized carbons (Fsp3) is 0.292. The number of rotatable bonds is 6. The molecule has 0 spiro atoms. The van der Waals surface area contributed by atoms with Gasteiger partial charge in [-0.3, -0.25) is 19.8 Å². The van der Waals surface area contributed by atoms with Crippen LogP contribution >= 0.6 is 0 Å². The number of hydrogen-bond acceptors (Lipinski definition) is 5. The molecule has 2 heterocycles. The number of hydroxylamine groups is 1. The average Bonchev–Trinajstić information content (AvgIpc) is 3.27. The summed E-state index contributed by atoms with van der Waals surface area (Å²) < 4.78 is 0. The maximum Gasteiger partial charge on any atom is 0.251 e. The summed E-state index contributed by atoms with van der Waals surface area (Å²) in [6.07, 6.45) is 1.63. The van der Waals surface area contributed by atoms with Crippen LogP contribution in [0.5, 0.6) is 0 Å². The van der Waals surface area contributed by atoms with Crippen molar-refractivity contribution in [3.63, 3.8) is 0 Å². The van der Waals surface area contributed by atoms with Crippen LogP contribution in [0.2, 0.25) is 0 Å². The minimum Gasteiger partial charge on any atom is -0.347 e. The Morgan fingerprint density at radius 3 is 2.65 bits per heavy atom. The zero-order valence-electron chi connectivity index (χ0n) is 17.4. The van der Waals surface area contributed by atoms with E-state index in [1.807, 2.05) is 30.3 Å². The quantitative estimate of drug-likeness (QED) is 0.363. The van der Waals surface area contributed by atoms with Crippen molar-refractivity contribution >= 4 is 22.7 Å². The Morgan fingerprint density at radius 2 is 1.90 bits per heavy atom. The van der Waals surface area contributed by atoms with Crippen molar-refractivity contribution in [1.82, 2.24) is 21.1 Å². The lowest BCUT2D eigenvalue weighted by atomic mass is 9.98. The van der Waals surface area contributed by atoms with Crippen LogP contribution in [0.25, 0.3) is 10.9 Å². The van der Waals surface area contributed by atoms with E-state index in [1.165, 1.54) is 5.56 Å². The highest BCUT2D eigenvalue weighted by Gasteiger charge is 2.34. The molecular formula is C24H26N4O3. The third-order valence-electron chi connectivity index (χ3n) is 5.81. The van der Waals surface area contributed by atoms with Crippen LogP contribution in [0, 0.1) is 5.92 Å². The number of aryl methyl sites for hydroxylation is 1. The summed E-state index contributed by atoms with van der Waals surface area (Å²) in [6, 6.07) is 17.5. The summed E-state index contributed by atoms with van der Waals surface area (Å²) in [5, 5.41) is 16.0. The van der Waals surface area contributed by atoms with E-state index in [0.29, 0.717) is 18.7 Å².